The van der Waals surface area contributed by atoms with Gasteiger partial charge >= 0.3 is 0 Å². The number of anilines is 2. The largest absolute Gasteiger partial charge is 0.495 e. The molecule has 1 N–H and O–H groups in total. The molecule has 7 nitrogen and oxygen atoms in total. The highest BCUT2D eigenvalue weighted by Gasteiger charge is 2.15. The lowest BCUT2D eigenvalue weighted by molar-refractivity contribution is 0.102. The van der Waals surface area contributed by atoms with Crippen molar-refractivity contribution in [1.82, 2.24) is 10.2 Å². The minimum absolute atomic E-state index is 0.260. The van der Waals surface area contributed by atoms with Crippen molar-refractivity contribution in [2.45, 2.75) is 6.92 Å². The van der Waals surface area contributed by atoms with Gasteiger partial charge in [0.05, 0.1) is 26.0 Å². The van der Waals surface area contributed by atoms with Gasteiger partial charge in [-0.15, -0.1) is 10.2 Å². The third-order valence-corrected chi connectivity index (χ3v) is 3.82. The van der Waals surface area contributed by atoms with Crippen LogP contribution in [0.5, 0.6) is 5.75 Å². The van der Waals surface area contributed by atoms with Crippen molar-refractivity contribution in [1.29, 1.82) is 0 Å². The van der Waals surface area contributed by atoms with Gasteiger partial charge in [-0.3, -0.25) is 4.79 Å². The SMILES string of the molecule is COc1ccc(C)cc1NC(=O)c1ccc(N2CCOCC2)nn1. The molecule has 3 rings (SSSR count). The first kappa shape index (κ1) is 16.2. The van der Waals surface area contributed by atoms with E-state index in [9.17, 15) is 4.79 Å². The molecule has 7 heteroatoms. The summed E-state index contributed by atoms with van der Waals surface area (Å²) >= 11 is 0. The molecule has 0 saturated carbocycles. The number of aromatic nitrogens is 2. The molecular weight excluding hydrogens is 308 g/mol. The lowest BCUT2D eigenvalue weighted by atomic mass is 10.2. The first-order valence-electron chi connectivity index (χ1n) is 7.80. The summed E-state index contributed by atoms with van der Waals surface area (Å²) in [5.74, 6) is 1.04. The molecule has 0 atom stereocenters. The second kappa shape index (κ2) is 7.27. The van der Waals surface area contributed by atoms with E-state index in [1.54, 1.807) is 19.2 Å². The monoisotopic (exact) mass is 328 g/mol. The molecule has 0 unspecified atom stereocenters. The first-order chi connectivity index (χ1) is 11.7. The molecule has 24 heavy (non-hydrogen) atoms. The fourth-order valence-electron chi connectivity index (χ4n) is 2.51. The molecule has 0 bridgehead atoms. The average Bonchev–Trinajstić information content (AvgIpc) is 2.63. The summed E-state index contributed by atoms with van der Waals surface area (Å²) in [7, 11) is 1.57. The predicted molar refractivity (Wildman–Crippen MR) is 90.7 cm³/mol. The average molecular weight is 328 g/mol. The third kappa shape index (κ3) is 3.62. The Morgan fingerprint density at radius 2 is 2.00 bits per heavy atom. The van der Waals surface area contributed by atoms with E-state index in [-0.39, 0.29) is 11.6 Å². The summed E-state index contributed by atoms with van der Waals surface area (Å²) in [6.45, 7) is 4.86. The number of methoxy groups -OCH3 is 1. The zero-order valence-electron chi connectivity index (χ0n) is 13.8. The van der Waals surface area contributed by atoms with Gasteiger partial charge in [-0.1, -0.05) is 6.07 Å². The van der Waals surface area contributed by atoms with Gasteiger partial charge in [0.25, 0.3) is 5.91 Å². The Bertz CT molecular complexity index is 712. The molecule has 1 fully saturated rings. The zero-order valence-corrected chi connectivity index (χ0v) is 13.8. The van der Waals surface area contributed by atoms with Gasteiger partial charge in [0, 0.05) is 13.1 Å². The number of benzene rings is 1. The Labute approximate surface area is 140 Å². The number of aryl methyl sites for hydroxylation is 1. The molecule has 1 saturated heterocycles. The number of carbonyl (C=O) groups is 1. The molecule has 2 heterocycles. The van der Waals surface area contributed by atoms with Crippen molar-refractivity contribution in [2.24, 2.45) is 0 Å². The second-order valence-corrected chi connectivity index (χ2v) is 5.53. The summed E-state index contributed by atoms with van der Waals surface area (Å²) in [5, 5.41) is 11.0. The highest BCUT2D eigenvalue weighted by Crippen LogP contribution is 2.25. The predicted octanol–water partition coefficient (Wildman–Crippen LogP) is 1.88. The van der Waals surface area contributed by atoms with Crippen LogP contribution in [0.4, 0.5) is 11.5 Å². The fourth-order valence-corrected chi connectivity index (χ4v) is 2.51. The maximum atomic E-state index is 12.4. The molecule has 2 aromatic rings. The lowest BCUT2D eigenvalue weighted by Crippen LogP contribution is -2.37. The molecule has 1 aliphatic rings. The quantitative estimate of drug-likeness (QED) is 0.923. The first-order valence-corrected chi connectivity index (χ1v) is 7.80. The van der Waals surface area contributed by atoms with Crippen molar-refractivity contribution < 1.29 is 14.3 Å². The number of nitrogens with zero attached hydrogens (tertiary/aromatic N) is 3. The number of rotatable bonds is 4. The van der Waals surface area contributed by atoms with E-state index in [0.29, 0.717) is 24.7 Å². The number of hydrogen-bond acceptors (Lipinski definition) is 6. The fraction of sp³-hybridized carbons (Fsp3) is 0.353. The van der Waals surface area contributed by atoms with Crippen LogP contribution in [0.25, 0.3) is 0 Å². The molecule has 0 aliphatic carbocycles. The van der Waals surface area contributed by atoms with E-state index in [2.05, 4.69) is 20.4 Å². The normalized spacial score (nSPS) is 14.3. The van der Waals surface area contributed by atoms with Crippen LogP contribution in [0.1, 0.15) is 16.1 Å². The van der Waals surface area contributed by atoms with Crippen LogP contribution in [0.2, 0.25) is 0 Å². The van der Waals surface area contributed by atoms with E-state index < -0.39 is 0 Å². The molecular formula is C17H20N4O3. The van der Waals surface area contributed by atoms with Crippen LogP contribution < -0.4 is 15.0 Å². The van der Waals surface area contributed by atoms with Crippen molar-refractivity contribution in [3.05, 3.63) is 41.6 Å². The second-order valence-electron chi connectivity index (χ2n) is 5.53. The van der Waals surface area contributed by atoms with Crippen LogP contribution in [-0.4, -0.2) is 49.5 Å². The van der Waals surface area contributed by atoms with Crippen LogP contribution in [-0.2, 0) is 4.74 Å². The minimum Gasteiger partial charge on any atom is -0.495 e. The summed E-state index contributed by atoms with van der Waals surface area (Å²) < 4.78 is 10.6. The summed E-state index contributed by atoms with van der Waals surface area (Å²) in [6, 6.07) is 9.08. The maximum Gasteiger partial charge on any atom is 0.276 e. The van der Waals surface area contributed by atoms with E-state index >= 15 is 0 Å². The summed E-state index contributed by atoms with van der Waals surface area (Å²) in [6.07, 6.45) is 0. The van der Waals surface area contributed by atoms with Gasteiger partial charge in [-0.2, -0.15) is 0 Å². The highest BCUT2D eigenvalue weighted by atomic mass is 16.5. The Kier molecular flexibility index (Phi) is 4.90. The Hall–Kier alpha value is -2.67. The van der Waals surface area contributed by atoms with Gasteiger partial charge < -0.3 is 19.7 Å². The highest BCUT2D eigenvalue weighted by molar-refractivity contribution is 6.03. The standard InChI is InChI=1S/C17H20N4O3/c1-12-3-5-15(23-2)14(11-12)18-17(22)13-4-6-16(20-19-13)21-7-9-24-10-8-21/h3-6,11H,7-10H2,1-2H3,(H,18,22). The van der Waals surface area contributed by atoms with E-state index in [4.69, 9.17) is 9.47 Å². The van der Waals surface area contributed by atoms with Crippen molar-refractivity contribution in [3.63, 3.8) is 0 Å². The van der Waals surface area contributed by atoms with Gasteiger partial charge in [0.2, 0.25) is 0 Å². The minimum atomic E-state index is -0.320. The van der Waals surface area contributed by atoms with Crippen molar-refractivity contribution >= 4 is 17.4 Å². The van der Waals surface area contributed by atoms with Gasteiger partial charge in [0.1, 0.15) is 5.75 Å². The summed E-state index contributed by atoms with van der Waals surface area (Å²) in [4.78, 5) is 14.5. The summed E-state index contributed by atoms with van der Waals surface area (Å²) in [5.41, 5.74) is 1.90. The smallest absolute Gasteiger partial charge is 0.276 e. The van der Waals surface area contributed by atoms with Crippen molar-refractivity contribution in [3.8, 4) is 5.75 Å². The third-order valence-electron chi connectivity index (χ3n) is 3.82. The van der Waals surface area contributed by atoms with E-state index in [1.165, 1.54) is 0 Å². The molecule has 1 aliphatic heterocycles. The number of nitrogens with one attached hydrogen (secondary N) is 1. The topological polar surface area (TPSA) is 76.6 Å². The van der Waals surface area contributed by atoms with Crippen LogP contribution in [0, 0.1) is 6.92 Å². The van der Waals surface area contributed by atoms with E-state index in [0.717, 1.165) is 24.5 Å². The number of morpholine rings is 1. The maximum absolute atomic E-state index is 12.4. The van der Waals surface area contributed by atoms with Crippen molar-refractivity contribution in [2.75, 3.05) is 43.6 Å². The van der Waals surface area contributed by atoms with Crippen LogP contribution in [0.15, 0.2) is 30.3 Å². The molecule has 1 amide bonds. The Morgan fingerprint density at radius 3 is 2.67 bits per heavy atom. The van der Waals surface area contributed by atoms with E-state index in [1.807, 2.05) is 25.1 Å². The molecule has 0 spiro atoms. The lowest BCUT2D eigenvalue weighted by Gasteiger charge is -2.27. The zero-order chi connectivity index (χ0) is 16.9. The molecule has 1 aromatic heterocycles. The Morgan fingerprint density at radius 1 is 1.21 bits per heavy atom. The van der Waals surface area contributed by atoms with Crippen LogP contribution in [0.3, 0.4) is 0 Å². The molecule has 126 valence electrons. The Balaban J connectivity index is 1.72. The molecule has 1 aromatic carbocycles. The van der Waals surface area contributed by atoms with Gasteiger partial charge in [-0.25, -0.2) is 0 Å². The number of amides is 1. The number of ether oxygens (including phenoxy) is 2. The number of hydrogen-bond donors (Lipinski definition) is 1. The molecule has 0 radical (unpaired) electrons. The van der Waals surface area contributed by atoms with Gasteiger partial charge in [0.15, 0.2) is 11.5 Å². The number of carbonyl (C=O) groups excluding carboxylic acids is 1. The van der Waals surface area contributed by atoms with Crippen LogP contribution >= 0.6 is 0 Å². The van der Waals surface area contributed by atoms with Gasteiger partial charge in [-0.05, 0) is 36.8 Å².